The van der Waals surface area contributed by atoms with E-state index in [1.54, 1.807) is 27.3 Å². The van der Waals surface area contributed by atoms with Crippen molar-refractivity contribution in [2.24, 2.45) is 0 Å². The highest BCUT2D eigenvalue weighted by Gasteiger charge is 2.19. The molecule has 27 heavy (non-hydrogen) atoms. The second kappa shape index (κ2) is 6.98. The predicted molar refractivity (Wildman–Crippen MR) is 99.9 cm³/mol. The van der Waals surface area contributed by atoms with E-state index >= 15 is 0 Å². The van der Waals surface area contributed by atoms with Crippen LogP contribution in [0.15, 0.2) is 35.1 Å². The average Bonchev–Trinajstić information content (AvgIpc) is 2.96. The maximum absolute atomic E-state index is 13.7. The van der Waals surface area contributed by atoms with Crippen molar-refractivity contribution < 1.29 is 9.18 Å². The lowest BCUT2D eigenvalue weighted by Crippen LogP contribution is -2.32. The molecule has 1 amide bonds. The lowest BCUT2D eigenvalue weighted by molar-refractivity contribution is -0.121. The number of benzene rings is 1. The Bertz CT molecular complexity index is 1080. The molecule has 0 spiro atoms. The summed E-state index contributed by atoms with van der Waals surface area (Å²) in [5, 5.41) is 2.72. The van der Waals surface area contributed by atoms with E-state index in [9.17, 15) is 14.0 Å². The summed E-state index contributed by atoms with van der Waals surface area (Å²) >= 11 is 0. The lowest BCUT2D eigenvalue weighted by Gasteiger charge is -2.17. The van der Waals surface area contributed by atoms with Gasteiger partial charge < -0.3 is 9.88 Å². The molecule has 4 rings (SSSR count). The van der Waals surface area contributed by atoms with Crippen LogP contribution in [0.1, 0.15) is 29.9 Å². The van der Waals surface area contributed by atoms with Gasteiger partial charge in [0.25, 0.3) is 5.56 Å². The minimum Gasteiger partial charge on any atom is -0.350 e. The Labute approximate surface area is 155 Å². The first-order chi connectivity index (χ1) is 13.0. The molecule has 0 saturated carbocycles. The molecule has 0 saturated heterocycles. The fourth-order valence-corrected chi connectivity index (χ4v) is 3.63. The zero-order valence-corrected chi connectivity index (χ0v) is 15.2. The molecule has 0 atom stereocenters. The topological polar surface area (TPSA) is 68.9 Å². The summed E-state index contributed by atoms with van der Waals surface area (Å²) in [6.07, 6.45) is 2.80. The quantitative estimate of drug-likeness (QED) is 0.768. The molecule has 2 aromatic heterocycles. The maximum atomic E-state index is 13.7. The molecular formula is C20H21FN4O2. The van der Waals surface area contributed by atoms with Crippen LogP contribution in [-0.4, -0.2) is 20.0 Å². The Kier molecular flexibility index (Phi) is 4.51. The van der Waals surface area contributed by atoms with Gasteiger partial charge in [-0.05, 0) is 31.9 Å². The van der Waals surface area contributed by atoms with Crippen molar-refractivity contribution in [3.8, 4) is 0 Å². The first-order valence-electron chi connectivity index (χ1n) is 9.14. The number of aromatic nitrogens is 3. The van der Waals surface area contributed by atoms with Crippen LogP contribution < -0.4 is 10.9 Å². The van der Waals surface area contributed by atoms with Gasteiger partial charge in [0.05, 0.1) is 5.52 Å². The van der Waals surface area contributed by atoms with E-state index in [0.29, 0.717) is 23.1 Å². The van der Waals surface area contributed by atoms with Crippen molar-refractivity contribution in [1.29, 1.82) is 0 Å². The third-order valence-corrected chi connectivity index (χ3v) is 5.06. The van der Waals surface area contributed by atoms with Crippen LogP contribution in [0.2, 0.25) is 0 Å². The molecule has 1 aromatic carbocycles. The Morgan fingerprint density at radius 2 is 2.11 bits per heavy atom. The van der Waals surface area contributed by atoms with Crippen LogP contribution in [0, 0.1) is 12.7 Å². The number of hydrogen-bond acceptors (Lipinski definition) is 3. The van der Waals surface area contributed by atoms with E-state index in [2.05, 4.69) is 10.3 Å². The Hall–Kier alpha value is -2.96. The second-order valence-electron chi connectivity index (χ2n) is 6.92. The molecule has 0 aliphatic carbocycles. The van der Waals surface area contributed by atoms with Crippen molar-refractivity contribution in [1.82, 2.24) is 19.4 Å². The molecular weight excluding hydrogens is 347 g/mol. The van der Waals surface area contributed by atoms with Gasteiger partial charge >= 0.3 is 0 Å². The van der Waals surface area contributed by atoms with E-state index in [0.717, 1.165) is 30.8 Å². The van der Waals surface area contributed by atoms with Crippen LogP contribution in [0.4, 0.5) is 4.39 Å². The molecule has 6 nitrogen and oxygen atoms in total. The molecule has 1 aliphatic heterocycles. The van der Waals surface area contributed by atoms with Crippen LogP contribution in [0.25, 0.3) is 11.0 Å². The average molecular weight is 368 g/mol. The predicted octanol–water partition coefficient (Wildman–Crippen LogP) is 2.30. The van der Waals surface area contributed by atoms with Crippen molar-refractivity contribution in [3.63, 3.8) is 0 Å². The maximum Gasteiger partial charge on any atom is 0.278 e. The molecule has 0 bridgehead atoms. The van der Waals surface area contributed by atoms with E-state index in [1.165, 1.54) is 6.07 Å². The highest BCUT2D eigenvalue weighted by molar-refractivity contribution is 5.81. The van der Waals surface area contributed by atoms with Gasteiger partial charge in [-0.1, -0.05) is 18.2 Å². The monoisotopic (exact) mass is 368 g/mol. The number of nitrogens with zero attached hydrogens (tertiary/aromatic N) is 3. The Morgan fingerprint density at radius 1 is 1.30 bits per heavy atom. The van der Waals surface area contributed by atoms with E-state index in [-0.39, 0.29) is 30.4 Å². The molecule has 3 heterocycles. The van der Waals surface area contributed by atoms with Gasteiger partial charge in [0.2, 0.25) is 5.91 Å². The molecule has 0 fully saturated rings. The minimum atomic E-state index is -0.352. The van der Waals surface area contributed by atoms with E-state index in [4.69, 9.17) is 0 Å². The van der Waals surface area contributed by atoms with Crippen LogP contribution >= 0.6 is 0 Å². The largest absolute Gasteiger partial charge is 0.350 e. The number of carbonyl (C=O) groups excluding carboxylic acids is 1. The highest BCUT2D eigenvalue weighted by atomic mass is 19.1. The Morgan fingerprint density at radius 3 is 2.93 bits per heavy atom. The van der Waals surface area contributed by atoms with Crippen LogP contribution in [0.3, 0.4) is 0 Å². The number of aryl methyl sites for hydroxylation is 2. The summed E-state index contributed by atoms with van der Waals surface area (Å²) in [6.45, 7) is 2.63. The highest BCUT2D eigenvalue weighted by Crippen LogP contribution is 2.18. The summed E-state index contributed by atoms with van der Waals surface area (Å²) in [4.78, 5) is 30.0. The van der Waals surface area contributed by atoms with Gasteiger partial charge in [0, 0.05) is 30.8 Å². The van der Waals surface area contributed by atoms with Crippen LogP contribution in [0.5, 0.6) is 0 Å². The molecule has 1 N–H and O–H groups in total. The van der Waals surface area contributed by atoms with Gasteiger partial charge in [-0.25, -0.2) is 9.37 Å². The molecule has 0 unspecified atom stereocenters. The number of nitrogens with one attached hydrogen (secondary N) is 1. The van der Waals surface area contributed by atoms with Gasteiger partial charge in [0.1, 0.15) is 23.7 Å². The SMILES string of the molecule is Cc1cc2nc3n(c(=O)c2n1CC(=O)NCc1ccccc1F)CCCC3. The third-order valence-electron chi connectivity index (χ3n) is 5.06. The van der Waals surface area contributed by atoms with E-state index < -0.39 is 0 Å². The van der Waals surface area contributed by atoms with Gasteiger partial charge in [-0.2, -0.15) is 0 Å². The van der Waals surface area contributed by atoms with Crippen LogP contribution in [-0.2, 0) is 30.8 Å². The normalized spacial score (nSPS) is 13.6. The molecule has 3 aromatic rings. The number of carbonyl (C=O) groups is 1. The van der Waals surface area contributed by atoms with Crippen molar-refractivity contribution in [2.45, 2.75) is 45.8 Å². The lowest BCUT2D eigenvalue weighted by atomic mass is 10.1. The number of rotatable bonds is 4. The van der Waals surface area contributed by atoms with Crippen molar-refractivity contribution >= 4 is 16.9 Å². The van der Waals surface area contributed by atoms with E-state index in [1.807, 2.05) is 13.0 Å². The fourth-order valence-electron chi connectivity index (χ4n) is 3.63. The van der Waals surface area contributed by atoms with Gasteiger partial charge in [-0.15, -0.1) is 0 Å². The standard InChI is InChI=1S/C20H21FN4O2/c1-13-10-16-19(20(27)24-9-5-4-8-17(24)23-16)25(13)12-18(26)22-11-14-6-2-3-7-15(14)21/h2-3,6-7,10H,4-5,8-9,11-12H2,1H3,(H,22,26). The van der Waals surface area contributed by atoms with Crippen molar-refractivity contribution in [2.75, 3.05) is 0 Å². The first kappa shape index (κ1) is 17.5. The fraction of sp³-hybridized carbons (Fsp3) is 0.350. The minimum absolute atomic E-state index is 0.0000522. The number of amides is 1. The summed E-state index contributed by atoms with van der Waals surface area (Å²) in [5.74, 6) is 0.190. The zero-order valence-electron chi connectivity index (χ0n) is 15.2. The summed E-state index contributed by atoms with van der Waals surface area (Å²) in [6, 6.07) is 8.17. The molecule has 7 heteroatoms. The first-order valence-corrected chi connectivity index (χ1v) is 9.14. The molecule has 1 aliphatic rings. The number of hydrogen-bond donors (Lipinski definition) is 1. The zero-order chi connectivity index (χ0) is 19.0. The third kappa shape index (κ3) is 3.25. The van der Waals surface area contributed by atoms with Gasteiger partial charge in [-0.3, -0.25) is 14.2 Å². The summed E-state index contributed by atoms with van der Waals surface area (Å²) in [7, 11) is 0. The second-order valence-corrected chi connectivity index (χ2v) is 6.92. The molecule has 140 valence electrons. The number of halogens is 1. The smallest absolute Gasteiger partial charge is 0.278 e. The van der Waals surface area contributed by atoms with Gasteiger partial charge in [0.15, 0.2) is 0 Å². The Balaban J connectivity index is 1.60. The number of fused-ring (bicyclic) bond motifs is 2. The summed E-state index contributed by atoms with van der Waals surface area (Å²) in [5.41, 5.74) is 2.23. The summed E-state index contributed by atoms with van der Waals surface area (Å²) < 4.78 is 17.1. The van der Waals surface area contributed by atoms with Crippen molar-refractivity contribution in [3.05, 3.63) is 63.6 Å². The molecule has 0 radical (unpaired) electrons.